The van der Waals surface area contributed by atoms with Crippen LogP contribution in [0, 0.1) is 11.8 Å². The molecule has 84 valence electrons. The monoisotopic (exact) mass is 204 g/mol. The second-order valence-corrected chi connectivity index (χ2v) is 5.75. The molecule has 0 aromatic heterocycles. The van der Waals surface area contributed by atoms with Crippen LogP contribution in [0.15, 0.2) is 22.3 Å². The minimum atomic E-state index is 0.911. The normalized spacial score (nSPS) is 31.6. The van der Waals surface area contributed by atoms with Crippen LogP contribution in [0.4, 0.5) is 0 Å². The summed E-state index contributed by atoms with van der Waals surface area (Å²) in [5.74, 6) is 1.83. The van der Waals surface area contributed by atoms with Gasteiger partial charge in [0, 0.05) is 0 Å². The molecule has 0 radical (unpaired) electrons. The first-order valence-electron chi connectivity index (χ1n) is 6.43. The largest absolute Gasteiger partial charge is 0.0769 e. The second-order valence-electron chi connectivity index (χ2n) is 5.75. The maximum atomic E-state index is 2.46. The van der Waals surface area contributed by atoms with Gasteiger partial charge in [-0.3, -0.25) is 0 Å². The Kier molecular flexibility index (Phi) is 3.04. The van der Waals surface area contributed by atoms with Crippen molar-refractivity contribution in [1.82, 2.24) is 0 Å². The fraction of sp³-hybridized carbons (Fsp3) is 0.733. The molecule has 2 rings (SSSR count). The molecule has 0 heteroatoms. The lowest BCUT2D eigenvalue weighted by atomic mass is 9.87. The van der Waals surface area contributed by atoms with Gasteiger partial charge >= 0.3 is 0 Å². The van der Waals surface area contributed by atoms with Crippen LogP contribution in [0.2, 0.25) is 0 Å². The Balaban J connectivity index is 2.31. The summed E-state index contributed by atoms with van der Waals surface area (Å²) in [5, 5.41) is 0. The molecule has 0 aromatic rings. The van der Waals surface area contributed by atoms with Gasteiger partial charge in [0.2, 0.25) is 0 Å². The number of fused-ring (bicyclic) bond motifs is 1. The van der Waals surface area contributed by atoms with Crippen molar-refractivity contribution in [3.63, 3.8) is 0 Å². The molecular weight excluding hydrogens is 180 g/mol. The third-order valence-electron chi connectivity index (χ3n) is 4.53. The van der Waals surface area contributed by atoms with Crippen LogP contribution in [0.25, 0.3) is 0 Å². The van der Waals surface area contributed by atoms with Crippen molar-refractivity contribution in [3.8, 4) is 0 Å². The van der Waals surface area contributed by atoms with Gasteiger partial charge in [-0.1, -0.05) is 29.2 Å². The fourth-order valence-corrected chi connectivity index (χ4v) is 3.28. The Morgan fingerprint density at radius 1 is 1.13 bits per heavy atom. The highest BCUT2D eigenvalue weighted by molar-refractivity contribution is 5.30. The average Bonchev–Trinajstić information content (AvgIpc) is 2.43. The zero-order chi connectivity index (χ0) is 11.0. The van der Waals surface area contributed by atoms with Gasteiger partial charge in [-0.15, -0.1) is 0 Å². The van der Waals surface area contributed by atoms with Crippen molar-refractivity contribution in [2.24, 2.45) is 11.8 Å². The topological polar surface area (TPSA) is 0 Å². The molecule has 2 unspecified atom stereocenters. The molecule has 0 amide bonds. The Bertz CT molecular complexity index is 313. The number of rotatable bonds is 0. The molecule has 1 fully saturated rings. The van der Waals surface area contributed by atoms with Crippen LogP contribution in [0.5, 0.6) is 0 Å². The first kappa shape index (κ1) is 11.0. The van der Waals surface area contributed by atoms with Gasteiger partial charge in [-0.25, -0.2) is 0 Å². The Morgan fingerprint density at radius 3 is 2.53 bits per heavy atom. The maximum absolute atomic E-state index is 2.46. The van der Waals surface area contributed by atoms with Crippen molar-refractivity contribution in [2.75, 3.05) is 0 Å². The van der Waals surface area contributed by atoms with E-state index in [9.17, 15) is 0 Å². The third kappa shape index (κ3) is 2.04. The van der Waals surface area contributed by atoms with Crippen LogP contribution in [-0.2, 0) is 0 Å². The molecule has 0 heterocycles. The molecule has 0 spiro atoms. The zero-order valence-electron chi connectivity index (χ0n) is 10.7. The minimum absolute atomic E-state index is 0.911. The van der Waals surface area contributed by atoms with E-state index in [4.69, 9.17) is 0 Å². The molecule has 0 bridgehead atoms. The zero-order valence-corrected chi connectivity index (χ0v) is 10.7. The lowest BCUT2D eigenvalue weighted by molar-refractivity contribution is 0.392. The molecule has 15 heavy (non-hydrogen) atoms. The second kappa shape index (κ2) is 4.15. The van der Waals surface area contributed by atoms with E-state index in [1.807, 2.05) is 0 Å². The van der Waals surface area contributed by atoms with Crippen molar-refractivity contribution in [1.29, 1.82) is 0 Å². The molecular formula is C15H24. The maximum Gasteiger partial charge on any atom is -0.0101 e. The minimum Gasteiger partial charge on any atom is -0.0769 e. The molecule has 2 aliphatic rings. The highest BCUT2D eigenvalue weighted by Crippen LogP contribution is 2.45. The predicted molar refractivity (Wildman–Crippen MR) is 66.8 cm³/mol. The van der Waals surface area contributed by atoms with Gasteiger partial charge in [0.05, 0.1) is 0 Å². The highest BCUT2D eigenvalue weighted by Gasteiger charge is 2.30. The van der Waals surface area contributed by atoms with E-state index in [2.05, 4.69) is 27.7 Å². The summed E-state index contributed by atoms with van der Waals surface area (Å²) in [5.41, 5.74) is 6.79. The van der Waals surface area contributed by atoms with E-state index >= 15 is 0 Å². The van der Waals surface area contributed by atoms with E-state index in [0.29, 0.717) is 0 Å². The number of hydrogen-bond donors (Lipinski definition) is 0. The average molecular weight is 204 g/mol. The van der Waals surface area contributed by atoms with Crippen molar-refractivity contribution < 1.29 is 0 Å². The molecule has 0 saturated heterocycles. The summed E-state index contributed by atoms with van der Waals surface area (Å²) in [4.78, 5) is 0. The first-order valence-corrected chi connectivity index (χ1v) is 6.43. The first-order chi connectivity index (χ1) is 7.09. The highest BCUT2D eigenvalue weighted by atomic mass is 14.4. The van der Waals surface area contributed by atoms with E-state index < -0.39 is 0 Å². The van der Waals surface area contributed by atoms with Crippen LogP contribution in [-0.4, -0.2) is 0 Å². The summed E-state index contributed by atoms with van der Waals surface area (Å²) in [7, 11) is 0. The van der Waals surface area contributed by atoms with Crippen LogP contribution >= 0.6 is 0 Å². The molecule has 0 N–H and O–H groups in total. The molecule has 2 atom stereocenters. The lowest BCUT2D eigenvalue weighted by Gasteiger charge is -2.18. The van der Waals surface area contributed by atoms with Gasteiger partial charge in [0.25, 0.3) is 0 Å². The van der Waals surface area contributed by atoms with Crippen molar-refractivity contribution in [2.45, 2.75) is 59.8 Å². The number of allylic oxidation sites excluding steroid dienone is 4. The van der Waals surface area contributed by atoms with Gasteiger partial charge < -0.3 is 0 Å². The standard InChI is InChI=1S/C15H24/c1-10(2)13-7-5-11(3)14-8-6-12(4)15(14)9-13/h11,14H,5-9H2,1-4H3. The Hall–Kier alpha value is -0.520. The summed E-state index contributed by atoms with van der Waals surface area (Å²) >= 11 is 0. The van der Waals surface area contributed by atoms with Gasteiger partial charge in [0.15, 0.2) is 0 Å². The molecule has 0 nitrogen and oxygen atoms in total. The lowest BCUT2D eigenvalue weighted by Crippen LogP contribution is -2.08. The van der Waals surface area contributed by atoms with E-state index in [-0.39, 0.29) is 0 Å². The molecule has 1 saturated carbocycles. The summed E-state index contributed by atoms with van der Waals surface area (Å²) in [6.45, 7) is 9.38. The summed E-state index contributed by atoms with van der Waals surface area (Å²) < 4.78 is 0. The van der Waals surface area contributed by atoms with Crippen molar-refractivity contribution in [3.05, 3.63) is 22.3 Å². The van der Waals surface area contributed by atoms with Gasteiger partial charge in [-0.2, -0.15) is 0 Å². The fourth-order valence-electron chi connectivity index (χ4n) is 3.28. The Labute approximate surface area is 94.5 Å². The Morgan fingerprint density at radius 2 is 1.87 bits per heavy atom. The predicted octanol–water partition coefficient (Wildman–Crippen LogP) is 4.87. The van der Waals surface area contributed by atoms with Crippen LogP contribution in [0.3, 0.4) is 0 Å². The molecule has 0 aliphatic heterocycles. The summed E-state index contributed by atoms with van der Waals surface area (Å²) in [6.07, 6.45) is 6.83. The molecule has 2 aliphatic carbocycles. The third-order valence-corrected chi connectivity index (χ3v) is 4.53. The quantitative estimate of drug-likeness (QED) is 0.494. The van der Waals surface area contributed by atoms with Crippen LogP contribution < -0.4 is 0 Å². The van der Waals surface area contributed by atoms with Crippen LogP contribution in [0.1, 0.15) is 59.8 Å². The SMILES string of the molecule is CC(C)=C1CCC(C)C2CCC(C)=C2C1. The summed E-state index contributed by atoms with van der Waals surface area (Å²) in [6, 6.07) is 0. The van der Waals surface area contributed by atoms with Gasteiger partial charge in [0.1, 0.15) is 0 Å². The van der Waals surface area contributed by atoms with Gasteiger partial charge in [-0.05, 0) is 64.7 Å². The number of hydrogen-bond acceptors (Lipinski definition) is 0. The van der Waals surface area contributed by atoms with Crippen molar-refractivity contribution >= 4 is 0 Å². The van der Waals surface area contributed by atoms with E-state index in [0.717, 1.165) is 11.8 Å². The molecule has 0 aromatic carbocycles. The van der Waals surface area contributed by atoms with E-state index in [1.54, 1.807) is 22.3 Å². The smallest absolute Gasteiger partial charge is 0.0101 e. The van der Waals surface area contributed by atoms with E-state index in [1.165, 1.54) is 32.1 Å².